The molecule has 0 aromatic heterocycles. The molecule has 1 aromatic rings. The summed E-state index contributed by atoms with van der Waals surface area (Å²) in [5.74, 6) is 0.731. The van der Waals surface area contributed by atoms with Gasteiger partial charge in [0.2, 0.25) is 0 Å². The Balaban J connectivity index is 2.90. The topological polar surface area (TPSA) is 64.7 Å². The third kappa shape index (κ3) is 4.00. The van der Waals surface area contributed by atoms with Gasteiger partial charge in [0, 0.05) is 18.1 Å². The van der Waals surface area contributed by atoms with Crippen LogP contribution in [-0.2, 0) is 0 Å². The summed E-state index contributed by atoms with van der Waals surface area (Å²) in [7, 11) is 2.80. The quantitative estimate of drug-likeness (QED) is 0.865. The Morgan fingerprint density at radius 1 is 1.26 bits per heavy atom. The van der Waals surface area contributed by atoms with Crippen molar-refractivity contribution in [2.45, 2.75) is 24.7 Å². The summed E-state index contributed by atoms with van der Waals surface area (Å²) in [6, 6.07) is 2.37. The van der Waals surface area contributed by atoms with Crippen LogP contribution in [0, 0.1) is 0 Å². The number of benzene rings is 1. The van der Waals surface area contributed by atoms with Gasteiger partial charge in [-0.3, -0.25) is 0 Å². The monoisotopic (exact) mass is 279 g/mol. The van der Waals surface area contributed by atoms with Gasteiger partial charge in [-0.15, -0.1) is 0 Å². The Morgan fingerprint density at radius 2 is 1.89 bits per heavy atom. The number of hydrogen-bond donors (Lipinski definition) is 2. The number of halogens is 3. The third-order valence-electron chi connectivity index (χ3n) is 2.70. The molecule has 0 radical (unpaired) electrons. The van der Waals surface area contributed by atoms with Gasteiger partial charge in [-0.05, 0) is 12.1 Å². The van der Waals surface area contributed by atoms with Gasteiger partial charge < -0.3 is 20.3 Å². The zero-order chi connectivity index (χ0) is 14.6. The number of ether oxygens (including phenoxy) is 2. The van der Waals surface area contributed by atoms with E-state index in [0.717, 1.165) is 0 Å². The molecule has 0 aliphatic rings. The molecule has 0 aliphatic heterocycles. The van der Waals surface area contributed by atoms with E-state index in [1.807, 2.05) is 0 Å². The highest BCUT2D eigenvalue weighted by molar-refractivity contribution is 5.42. The molecule has 0 aliphatic carbocycles. The predicted octanol–water partition coefficient (Wildman–Crippen LogP) is 2.02. The SMILES string of the molecule is COc1ccc([C@@H](O)C[C@H](N)C(F)(F)F)c(OC)c1. The van der Waals surface area contributed by atoms with E-state index in [0.29, 0.717) is 5.75 Å². The lowest BCUT2D eigenvalue weighted by atomic mass is 10.0. The fraction of sp³-hybridized carbons (Fsp3) is 0.500. The molecule has 0 spiro atoms. The van der Waals surface area contributed by atoms with Crippen molar-refractivity contribution < 1.29 is 27.8 Å². The predicted molar refractivity (Wildman–Crippen MR) is 63.2 cm³/mol. The van der Waals surface area contributed by atoms with Crippen LogP contribution in [0.2, 0.25) is 0 Å². The van der Waals surface area contributed by atoms with Crippen LogP contribution in [0.5, 0.6) is 11.5 Å². The smallest absolute Gasteiger partial charge is 0.403 e. The number of hydrogen-bond acceptors (Lipinski definition) is 4. The van der Waals surface area contributed by atoms with Crippen LogP contribution in [0.1, 0.15) is 18.1 Å². The van der Waals surface area contributed by atoms with Gasteiger partial charge in [0.25, 0.3) is 0 Å². The highest BCUT2D eigenvalue weighted by Crippen LogP contribution is 2.33. The minimum Gasteiger partial charge on any atom is -0.497 e. The first-order valence-corrected chi connectivity index (χ1v) is 5.52. The van der Waals surface area contributed by atoms with E-state index in [-0.39, 0.29) is 11.3 Å². The van der Waals surface area contributed by atoms with Crippen LogP contribution in [0.4, 0.5) is 13.2 Å². The average molecular weight is 279 g/mol. The summed E-state index contributed by atoms with van der Waals surface area (Å²) in [6.45, 7) is 0. The fourth-order valence-corrected chi connectivity index (χ4v) is 1.59. The number of aliphatic hydroxyl groups excluding tert-OH is 1. The van der Waals surface area contributed by atoms with Gasteiger partial charge in [-0.25, -0.2) is 0 Å². The maximum absolute atomic E-state index is 12.3. The van der Waals surface area contributed by atoms with Crippen LogP contribution in [-0.4, -0.2) is 31.5 Å². The molecule has 19 heavy (non-hydrogen) atoms. The molecule has 0 saturated heterocycles. The molecule has 4 nitrogen and oxygen atoms in total. The molecular formula is C12H16F3NO3. The molecule has 0 unspecified atom stereocenters. The first-order chi connectivity index (χ1) is 8.79. The summed E-state index contributed by atoms with van der Waals surface area (Å²) in [4.78, 5) is 0. The number of methoxy groups -OCH3 is 2. The summed E-state index contributed by atoms with van der Waals surface area (Å²) < 4.78 is 47.0. The Bertz CT molecular complexity index is 423. The van der Waals surface area contributed by atoms with Crippen molar-refractivity contribution in [3.63, 3.8) is 0 Å². The van der Waals surface area contributed by atoms with E-state index >= 15 is 0 Å². The Labute approximate surface area is 108 Å². The minimum atomic E-state index is -4.54. The summed E-state index contributed by atoms with van der Waals surface area (Å²) >= 11 is 0. The Kier molecular flexibility index (Phi) is 5.02. The zero-order valence-corrected chi connectivity index (χ0v) is 10.6. The van der Waals surface area contributed by atoms with Crippen molar-refractivity contribution in [1.82, 2.24) is 0 Å². The molecule has 0 heterocycles. The van der Waals surface area contributed by atoms with Crippen LogP contribution in [0.15, 0.2) is 18.2 Å². The molecule has 0 amide bonds. The number of nitrogens with two attached hydrogens (primary N) is 1. The molecule has 1 aromatic carbocycles. The van der Waals surface area contributed by atoms with E-state index < -0.39 is 24.7 Å². The minimum absolute atomic E-state index is 0.239. The highest BCUT2D eigenvalue weighted by atomic mass is 19.4. The van der Waals surface area contributed by atoms with Crippen molar-refractivity contribution >= 4 is 0 Å². The second-order valence-corrected chi connectivity index (χ2v) is 4.01. The fourth-order valence-electron chi connectivity index (χ4n) is 1.59. The zero-order valence-electron chi connectivity index (χ0n) is 10.6. The standard InChI is InChI=1S/C12H16F3NO3/c1-18-7-3-4-8(10(5-7)19-2)9(17)6-11(16)12(13,14)15/h3-5,9,11,17H,6,16H2,1-2H3/t9-,11-/m0/s1. The second-order valence-electron chi connectivity index (χ2n) is 4.01. The van der Waals surface area contributed by atoms with Gasteiger partial charge in [-0.1, -0.05) is 0 Å². The Hall–Kier alpha value is -1.47. The summed E-state index contributed by atoms with van der Waals surface area (Å²) in [6.07, 6.45) is -6.54. The third-order valence-corrected chi connectivity index (χ3v) is 2.70. The molecule has 3 N–H and O–H groups in total. The second kappa shape index (κ2) is 6.12. The summed E-state index contributed by atoms with van der Waals surface area (Å²) in [5, 5.41) is 9.83. The molecular weight excluding hydrogens is 263 g/mol. The first-order valence-electron chi connectivity index (χ1n) is 5.52. The van der Waals surface area contributed by atoms with Gasteiger partial charge >= 0.3 is 6.18 Å². The molecule has 7 heteroatoms. The lowest BCUT2D eigenvalue weighted by molar-refractivity contribution is -0.153. The number of aliphatic hydroxyl groups is 1. The van der Waals surface area contributed by atoms with Crippen molar-refractivity contribution in [3.8, 4) is 11.5 Å². The van der Waals surface area contributed by atoms with Gasteiger partial charge in [0.1, 0.15) is 17.5 Å². The van der Waals surface area contributed by atoms with Crippen molar-refractivity contribution in [2.24, 2.45) is 5.73 Å². The molecule has 108 valence electrons. The number of rotatable bonds is 5. The summed E-state index contributed by atoms with van der Waals surface area (Å²) in [5.41, 5.74) is 5.22. The lowest BCUT2D eigenvalue weighted by Gasteiger charge is -2.21. The van der Waals surface area contributed by atoms with Gasteiger partial charge in [-0.2, -0.15) is 13.2 Å². The van der Waals surface area contributed by atoms with Crippen molar-refractivity contribution in [1.29, 1.82) is 0 Å². The van der Waals surface area contributed by atoms with Gasteiger partial charge in [0.05, 0.1) is 20.3 Å². The molecule has 1 rings (SSSR count). The lowest BCUT2D eigenvalue weighted by Crippen LogP contribution is -2.38. The van der Waals surface area contributed by atoms with E-state index in [4.69, 9.17) is 15.2 Å². The molecule has 0 fully saturated rings. The van der Waals surface area contributed by atoms with Crippen LogP contribution < -0.4 is 15.2 Å². The van der Waals surface area contributed by atoms with E-state index in [1.165, 1.54) is 32.4 Å². The molecule has 0 bridgehead atoms. The van der Waals surface area contributed by atoms with E-state index in [1.54, 1.807) is 0 Å². The van der Waals surface area contributed by atoms with Crippen molar-refractivity contribution in [3.05, 3.63) is 23.8 Å². The van der Waals surface area contributed by atoms with Crippen LogP contribution >= 0.6 is 0 Å². The molecule has 0 saturated carbocycles. The van der Waals surface area contributed by atoms with Crippen molar-refractivity contribution in [2.75, 3.05) is 14.2 Å². The van der Waals surface area contributed by atoms with Gasteiger partial charge in [0.15, 0.2) is 0 Å². The number of alkyl halides is 3. The molecule has 2 atom stereocenters. The maximum Gasteiger partial charge on any atom is 0.403 e. The van der Waals surface area contributed by atoms with Crippen LogP contribution in [0.25, 0.3) is 0 Å². The highest BCUT2D eigenvalue weighted by Gasteiger charge is 2.38. The normalized spacial score (nSPS) is 14.9. The van der Waals surface area contributed by atoms with E-state index in [2.05, 4.69) is 0 Å². The average Bonchev–Trinajstić information content (AvgIpc) is 2.36. The Morgan fingerprint density at radius 3 is 2.37 bits per heavy atom. The van der Waals surface area contributed by atoms with Crippen LogP contribution in [0.3, 0.4) is 0 Å². The van der Waals surface area contributed by atoms with E-state index in [9.17, 15) is 18.3 Å². The largest absolute Gasteiger partial charge is 0.497 e. The first kappa shape index (κ1) is 15.6. The maximum atomic E-state index is 12.3.